The highest BCUT2D eigenvalue weighted by Crippen LogP contribution is 2.49. The van der Waals surface area contributed by atoms with Gasteiger partial charge in [0.05, 0.1) is 13.2 Å². The molecule has 6 nitrogen and oxygen atoms in total. The standard InChI is InChI=1S/C13H20NO5PS/c1-3-17-20(21,18-4-2)19-11-7-5-10(6-8-11)9-12(14)13(15)16/h5-8,12H,3-4,9,14H2,1-2H3,(H,15,16). The van der Waals surface area contributed by atoms with Gasteiger partial charge in [0.25, 0.3) is 0 Å². The van der Waals surface area contributed by atoms with E-state index in [9.17, 15) is 4.79 Å². The van der Waals surface area contributed by atoms with E-state index in [4.69, 9.17) is 36.2 Å². The first kappa shape index (κ1) is 18.1. The van der Waals surface area contributed by atoms with Gasteiger partial charge in [0.1, 0.15) is 11.8 Å². The van der Waals surface area contributed by atoms with E-state index in [1.54, 1.807) is 24.3 Å². The number of rotatable bonds is 9. The number of aliphatic carboxylic acids is 1. The fourth-order valence-corrected chi connectivity index (χ4v) is 3.65. The van der Waals surface area contributed by atoms with E-state index in [2.05, 4.69) is 0 Å². The maximum Gasteiger partial charge on any atom is 0.380 e. The third-order valence-corrected chi connectivity index (χ3v) is 4.93. The van der Waals surface area contributed by atoms with Crippen LogP contribution in [0, 0.1) is 0 Å². The maximum absolute atomic E-state index is 10.7. The van der Waals surface area contributed by atoms with E-state index >= 15 is 0 Å². The summed E-state index contributed by atoms with van der Waals surface area (Å²) in [5.74, 6) is -0.508. The Hall–Kier alpha value is -0.980. The van der Waals surface area contributed by atoms with Crippen LogP contribution in [0.2, 0.25) is 0 Å². The summed E-state index contributed by atoms with van der Waals surface area (Å²) < 4.78 is 16.4. The molecule has 0 heterocycles. The molecule has 1 aromatic rings. The highest BCUT2D eigenvalue weighted by Gasteiger charge is 2.21. The molecule has 0 aliphatic rings. The van der Waals surface area contributed by atoms with E-state index in [1.165, 1.54) is 0 Å². The minimum absolute atomic E-state index is 0.251. The van der Waals surface area contributed by atoms with Crippen molar-refractivity contribution in [1.82, 2.24) is 0 Å². The monoisotopic (exact) mass is 333 g/mol. The molecule has 1 aromatic carbocycles. The molecule has 1 atom stereocenters. The largest absolute Gasteiger partial charge is 0.480 e. The molecule has 0 aliphatic carbocycles. The SMILES string of the molecule is CCOP(=S)(OCC)Oc1ccc(CC(N)C(=O)O)cc1. The highest BCUT2D eigenvalue weighted by atomic mass is 32.5. The Morgan fingerprint density at radius 3 is 2.24 bits per heavy atom. The molecule has 0 amide bonds. The molecule has 0 saturated carbocycles. The molecule has 0 bridgehead atoms. The summed E-state index contributed by atoms with van der Waals surface area (Å²) >= 11 is 5.27. The van der Waals surface area contributed by atoms with Gasteiger partial charge >= 0.3 is 12.7 Å². The lowest BCUT2D eigenvalue weighted by Crippen LogP contribution is -2.32. The quantitative estimate of drug-likeness (QED) is 0.670. The van der Waals surface area contributed by atoms with Crippen LogP contribution in [0.25, 0.3) is 0 Å². The Kier molecular flexibility index (Phi) is 7.28. The van der Waals surface area contributed by atoms with Gasteiger partial charge in [-0.15, -0.1) is 0 Å². The molecule has 118 valence electrons. The van der Waals surface area contributed by atoms with Crippen molar-refractivity contribution in [2.45, 2.75) is 26.3 Å². The van der Waals surface area contributed by atoms with Gasteiger partial charge < -0.3 is 15.4 Å². The second-order valence-electron chi connectivity index (χ2n) is 4.17. The van der Waals surface area contributed by atoms with Crippen LogP contribution >= 0.6 is 6.72 Å². The lowest BCUT2D eigenvalue weighted by atomic mass is 10.1. The number of carboxylic acid groups (broad SMARTS) is 1. The topological polar surface area (TPSA) is 91.0 Å². The Labute approximate surface area is 129 Å². The zero-order valence-electron chi connectivity index (χ0n) is 12.0. The van der Waals surface area contributed by atoms with Crippen molar-refractivity contribution in [3.8, 4) is 5.75 Å². The molecule has 0 fully saturated rings. The normalized spacial score (nSPS) is 12.9. The Morgan fingerprint density at radius 2 is 1.81 bits per heavy atom. The fourth-order valence-electron chi connectivity index (χ4n) is 1.56. The van der Waals surface area contributed by atoms with Gasteiger partial charge in [0, 0.05) is 11.8 Å². The van der Waals surface area contributed by atoms with E-state index < -0.39 is 18.7 Å². The molecule has 1 rings (SSSR count). The van der Waals surface area contributed by atoms with Crippen LogP contribution < -0.4 is 10.3 Å². The maximum atomic E-state index is 10.7. The number of nitrogens with two attached hydrogens (primary N) is 1. The number of hydrogen-bond donors (Lipinski definition) is 2. The van der Waals surface area contributed by atoms with Gasteiger partial charge in [-0.25, -0.2) is 0 Å². The van der Waals surface area contributed by atoms with Gasteiger partial charge in [-0.1, -0.05) is 12.1 Å². The Balaban J connectivity index is 2.73. The van der Waals surface area contributed by atoms with Crippen LogP contribution in [0.3, 0.4) is 0 Å². The van der Waals surface area contributed by atoms with Crippen molar-refractivity contribution in [2.24, 2.45) is 5.73 Å². The lowest BCUT2D eigenvalue weighted by molar-refractivity contribution is -0.138. The van der Waals surface area contributed by atoms with Gasteiger partial charge in [-0.3, -0.25) is 13.8 Å². The van der Waals surface area contributed by atoms with E-state index in [1.807, 2.05) is 13.8 Å². The van der Waals surface area contributed by atoms with Crippen LogP contribution in [-0.4, -0.2) is 30.3 Å². The average Bonchev–Trinajstić information content (AvgIpc) is 2.41. The molecule has 0 radical (unpaired) electrons. The Bertz CT molecular complexity index is 498. The van der Waals surface area contributed by atoms with Crippen molar-refractivity contribution in [1.29, 1.82) is 0 Å². The van der Waals surface area contributed by atoms with Gasteiger partial charge in [0.15, 0.2) is 0 Å². The van der Waals surface area contributed by atoms with Gasteiger partial charge in [-0.2, -0.15) is 0 Å². The molecule has 0 aliphatic heterocycles. The van der Waals surface area contributed by atoms with E-state index in [0.717, 1.165) is 5.56 Å². The third-order valence-electron chi connectivity index (χ3n) is 2.49. The van der Waals surface area contributed by atoms with E-state index in [-0.39, 0.29) is 6.42 Å². The predicted octanol–water partition coefficient (Wildman–Crippen LogP) is 2.32. The summed E-state index contributed by atoms with van der Waals surface area (Å²) in [7, 11) is 0. The second-order valence-corrected chi connectivity index (χ2v) is 7.10. The minimum atomic E-state index is -2.79. The first-order chi connectivity index (χ1) is 9.90. The third kappa shape index (κ3) is 6.11. The van der Waals surface area contributed by atoms with Crippen molar-refractivity contribution in [3.63, 3.8) is 0 Å². The van der Waals surface area contributed by atoms with Crippen molar-refractivity contribution in [2.75, 3.05) is 13.2 Å². The molecule has 0 aromatic heterocycles. The number of hydrogen-bond acceptors (Lipinski definition) is 6. The van der Waals surface area contributed by atoms with Crippen LogP contribution in [0.4, 0.5) is 0 Å². The van der Waals surface area contributed by atoms with Crippen molar-refractivity contribution >= 4 is 24.5 Å². The molecule has 3 N–H and O–H groups in total. The summed E-state index contributed by atoms with van der Waals surface area (Å²) in [6.07, 6.45) is 0.251. The van der Waals surface area contributed by atoms with Gasteiger partial charge in [-0.05, 0) is 38.0 Å². The van der Waals surface area contributed by atoms with E-state index in [0.29, 0.717) is 19.0 Å². The van der Waals surface area contributed by atoms with Gasteiger partial charge in [0.2, 0.25) is 0 Å². The summed E-state index contributed by atoms with van der Waals surface area (Å²) in [4.78, 5) is 10.7. The summed E-state index contributed by atoms with van der Waals surface area (Å²) in [5, 5.41) is 8.78. The second kappa shape index (κ2) is 8.46. The molecule has 0 saturated heterocycles. The molecule has 21 heavy (non-hydrogen) atoms. The smallest absolute Gasteiger partial charge is 0.380 e. The first-order valence-corrected chi connectivity index (χ1v) is 9.11. The summed E-state index contributed by atoms with van der Waals surface area (Å²) in [6.45, 7) is 1.66. The average molecular weight is 333 g/mol. The predicted molar refractivity (Wildman–Crippen MR) is 83.9 cm³/mol. The van der Waals surface area contributed by atoms with Crippen LogP contribution in [0.15, 0.2) is 24.3 Å². The number of carboxylic acids is 1. The zero-order valence-corrected chi connectivity index (χ0v) is 13.7. The minimum Gasteiger partial charge on any atom is -0.480 e. The van der Waals surface area contributed by atoms with Crippen molar-refractivity contribution < 1.29 is 23.5 Å². The fraction of sp³-hybridized carbons (Fsp3) is 0.462. The summed E-state index contributed by atoms with van der Waals surface area (Å²) in [5.41, 5.74) is 6.29. The molecule has 8 heteroatoms. The zero-order chi connectivity index (χ0) is 15.9. The van der Waals surface area contributed by atoms with Crippen molar-refractivity contribution in [3.05, 3.63) is 29.8 Å². The molecular formula is C13H20NO5PS. The van der Waals surface area contributed by atoms with Crippen LogP contribution in [-0.2, 0) is 32.1 Å². The summed E-state index contributed by atoms with van der Waals surface area (Å²) in [6, 6.07) is 5.96. The Morgan fingerprint density at radius 1 is 1.29 bits per heavy atom. The molecule has 1 unspecified atom stereocenters. The molecular weight excluding hydrogens is 313 g/mol. The van der Waals surface area contributed by atoms with Crippen LogP contribution in [0.1, 0.15) is 19.4 Å². The van der Waals surface area contributed by atoms with Crippen LogP contribution in [0.5, 0.6) is 5.75 Å². The molecule has 0 spiro atoms. The highest BCUT2D eigenvalue weighted by molar-refractivity contribution is 8.07. The lowest BCUT2D eigenvalue weighted by Gasteiger charge is -2.21. The number of carbonyl (C=O) groups is 1. The number of benzene rings is 1. The first-order valence-electron chi connectivity index (χ1n) is 6.56.